The number of hydrogen-bond donors (Lipinski definition) is 1. The van der Waals surface area contributed by atoms with Crippen molar-refractivity contribution in [3.05, 3.63) is 35.9 Å². The van der Waals surface area contributed by atoms with E-state index in [2.05, 4.69) is 68.4 Å². The molecule has 1 rings (SSSR count). The SMILES string of the molecule is CCCNC(CN(C)C(CC)CC)c1ccccc1. The lowest BCUT2D eigenvalue weighted by Crippen LogP contribution is -2.38. The van der Waals surface area contributed by atoms with E-state index in [1.54, 1.807) is 0 Å². The minimum Gasteiger partial charge on any atom is -0.309 e. The molecule has 19 heavy (non-hydrogen) atoms. The molecule has 1 unspecified atom stereocenters. The fourth-order valence-electron chi connectivity index (χ4n) is 2.64. The first-order valence-electron chi connectivity index (χ1n) is 7.71. The third-order valence-corrected chi connectivity index (χ3v) is 3.88. The Hall–Kier alpha value is -0.860. The van der Waals surface area contributed by atoms with E-state index >= 15 is 0 Å². The van der Waals surface area contributed by atoms with Gasteiger partial charge in [-0.3, -0.25) is 0 Å². The molecule has 1 atom stereocenters. The van der Waals surface area contributed by atoms with Crippen LogP contribution in [-0.4, -0.2) is 31.1 Å². The fraction of sp³-hybridized carbons (Fsp3) is 0.647. The fourth-order valence-corrected chi connectivity index (χ4v) is 2.64. The number of rotatable bonds is 9. The minimum absolute atomic E-state index is 0.437. The Balaban J connectivity index is 2.69. The van der Waals surface area contributed by atoms with Gasteiger partial charge in [0.15, 0.2) is 0 Å². The van der Waals surface area contributed by atoms with Gasteiger partial charge in [0.25, 0.3) is 0 Å². The van der Waals surface area contributed by atoms with Crippen molar-refractivity contribution >= 4 is 0 Å². The molecule has 108 valence electrons. The number of nitrogens with zero attached hydrogens (tertiary/aromatic N) is 1. The molecule has 0 saturated heterocycles. The Kier molecular flexibility index (Phi) is 7.76. The van der Waals surface area contributed by atoms with Crippen molar-refractivity contribution in [3.8, 4) is 0 Å². The van der Waals surface area contributed by atoms with Crippen molar-refractivity contribution in [2.24, 2.45) is 0 Å². The summed E-state index contributed by atoms with van der Waals surface area (Å²) in [4.78, 5) is 2.50. The highest BCUT2D eigenvalue weighted by molar-refractivity contribution is 5.19. The third kappa shape index (κ3) is 5.33. The topological polar surface area (TPSA) is 15.3 Å². The maximum absolute atomic E-state index is 3.68. The van der Waals surface area contributed by atoms with Gasteiger partial charge >= 0.3 is 0 Å². The molecular weight excluding hydrogens is 232 g/mol. The predicted octanol–water partition coefficient (Wildman–Crippen LogP) is 3.85. The summed E-state index contributed by atoms with van der Waals surface area (Å²) in [6.07, 6.45) is 3.63. The monoisotopic (exact) mass is 262 g/mol. The van der Waals surface area contributed by atoms with Crippen molar-refractivity contribution in [1.29, 1.82) is 0 Å². The van der Waals surface area contributed by atoms with Crippen LogP contribution in [-0.2, 0) is 0 Å². The zero-order valence-electron chi connectivity index (χ0n) is 13.0. The molecule has 1 aromatic carbocycles. The van der Waals surface area contributed by atoms with Crippen molar-refractivity contribution in [2.45, 2.75) is 52.1 Å². The van der Waals surface area contributed by atoms with Crippen LogP contribution in [0.5, 0.6) is 0 Å². The van der Waals surface area contributed by atoms with Crippen LogP contribution in [0.2, 0.25) is 0 Å². The molecule has 1 aromatic rings. The largest absolute Gasteiger partial charge is 0.309 e. The van der Waals surface area contributed by atoms with Crippen LogP contribution in [0.15, 0.2) is 30.3 Å². The summed E-state index contributed by atoms with van der Waals surface area (Å²) in [5.41, 5.74) is 1.40. The lowest BCUT2D eigenvalue weighted by atomic mass is 10.0. The summed E-state index contributed by atoms with van der Waals surface area (Å²) in [5, 5.41) is 3.68. The average molecular weight is 262 g/mol. The number of benzene rings is 1. The van der Waals surface area contributed by atoms with Crippen molar-refractivity contribution in [1.82, 2.24) is 10.2 Å². The van der Waals surface area contributed by atoms with Crippen LogP contribution in [0.4, 0.5) is 0 Å². The van der Waals surface area contributed by atoms with Gasteiger partial charge in [-0.1, -0.05) is 51.1 Å². The summed E-state index contributed by atoms with van der Waals surface area (Å²) in [7, 11) is 2.25. The van der Waals surface area contributed by atoms with Crippen molar-refractivity contribution in [2.75, 3.05) is 20.1 Å². The molecule has 0 saturated carbocycles. The molecule has 0 heterocycles. The average Bonchev–Trinajstić information content (AvgIpc) is 2.45. The molecule has 2 heteroatoms. The highest BCUT2D eigenvalue weighted by Gasteiger charge is 2.17. The summed E-state index contributed by atoms with van der Waals surface area (Å²) in [6.45, 7) is 8.94. The maximum Gasteiger partial charge on any atom is 0.0449 e. The summed E-state index contributed by atoms with van der Waals surface area (Å²) in [6, 6.07) is 11.9. The van der Waals surface area contributed by atoms with Gasteiger partial charge in [0.2, 0.25) is 0 Å². The van der Waals surface area contributed by atoms with E-state index in [-0.39, 0.29) is 0 Å². The van der Waals surface area contributed by atoms with E-state index in [0.29, 0.717) is 12.1 Å². The second-order valence-corrected chi connectivity index (χ2v) is 5.33. The van der Waals surface area contributed by atoms with E-state index in [9.17, 15) is 0 Å². The molecular formula is C17H30N2. The van der Waals surface area contributed by atoms with Gasteiger partial charge < -0.3 is 10.2 Å². The molecule has 0 bridgehead atoms. The van der Waals surface area contributed by atoms with Crippen LogP contribution >= 0.6 is 0 Å². The first kappa shape index (κ1) is 16.2. The lowest BCUT2D eigenvalue weighted by Gasteiger charge is -2.31. The lowest BCUT2D eigenvalue weighted by molar-refractivity contribution is 0.206. The first-order valence-corrected chi connectivity index (χ1v) is 7.71. The highest BCUT2D eigenvalue weighted by atomic mass is 15.1. The summed E-state index contributed by atoms with van der Waals surface area (Å²) in [5.74, 6) is 0. The van der Waals surface area contributed by atoms with Gasteiger partial charge in [0, 0.05) is 18.6 Å². The second-order valence-electron chi connectivity index (χ2n) is 5.33. The van der Waals surface area contributed by atoms with Gasteiger partial charge in [-0.2, -0.15) is 0 Å². The molecule has 0 aromatic heterocycles. The van der Waals surface area contributed by atoms with E-state index < -0.39 is 0 Å². The van der Waals surface area contributed by atoms with Crippen molar-refractivity contribution < 1.29 is 0 Å². The van der Waals surface area contributed by atoms with E-state index in [0.717, 1.165) is 13.1 Å². The van der Waals surface area contributed by atoms with Crippen LogP contribution in [0.25, 0.3) is 0 Å². The molecule has 0 aliphatic carbocycles. The smallest absolute Gasteiger partial charge is 0.0449 e. The zero-order valence-corrected chi connectivity index (χ0v) is 13.0. The Labute approximate surface area is 119 Å². The standard InChI is InChI=1S/C17H30N2/c1-5-13-18-17(15-11-9-8-10-12-15)14-19(4)16(6-2)7-3/h8-12,16-18H,5-7,13-14H2,1-4H3. The van der Waals surface area contributed by atoms with Gasteiger partial charge in [0.1, 0.15) is 0 Å². The van der Waals surface area contributed by atoms with Crippen LogP contribution < -0.4 is 5.32 Å². The molecule has 0 aliphatic rings. The quantitative estimate of drug-likeness (QED) is 0.727. The molecule has 0 amide bonds. The number of nitrogens with one attached hydrogen (secondary N) is 1. The Morgan fingerprint density at radius 1 is 1.05 bits per heavy atom. The Morgan fingerprint density at radius 2 is 1.68 bits per heavy atom. The molecule has 0 aliphatic heterocycles. The second kappa shape index (κ2) is 9.11. The molecule has 0 radical (unpaired) electrons. The maximum atomic E-state index is 3.68. The zero-order chi connectivity index (χ0) is 14.1. The highest BCUT2D eigenvalue weighted by Crippen LogP contribution is 2.16. The third-order valence-electron chi connectivity index (χ3n) is 3.88. The predicted molar refractivity (Wildman–Crippen MR) is 84.5 cm³/mol. The first-order chi connectivity index (χ1) is 9.22. The molecule has 0 fully saturated rings. The van der Waals surface area contributed by atoms with Gasteiger partial charge in [-0.05, 0) is 38.4 Å². The van der Waals surface area contributed by atoms with Crippen molar-refractivity contribution in [3.63, 3.8) is 0 Å². The van der Waals surface area contributed by atoms with Gasteiger partial charge in [0.05, 0.1) is 0 Å². The van der Waals surface area contributed by atoms with E-state index in [4.69, 9.17) is 0 Å². The Bertz CT molecular complexity index is 319. The van der Waals surface area contributed by atoms with Crippen LogP contribution in [0.1, 0.15) is 51.6 Å². The van der Waals surface area contributed by atoms with Gasteiger partial charge in [-0.15, -0.1) is 0 Å². The molecule has 2 nitrogen and oxygen atoms in total. The number of hydrogen-bond acceptors (Lipinski definition) is 2. The Morgan fingerprint density at radius 3 is 2.21 bits per heavy atom. The number of likely N-dealkylation sites (N-methyl/N-ethyl adjacent to an activating group) is 1. The van der Waals surface area contributed by atoms with Crippen LogP contribution in [0.3, 0.4) is 0 Å². The minimum atomic E-state index is 0.437. The van der Waals surface area contributed by atoms with Crippen LogP contribution in [0, 0.1) is 0 Å². The summed E-state index contributed by atoms with van der Waals surface area (Å²) >= 11 is 0. The molecule has 0 spiro atoms. The van der Waals surface area contributed by atoms with E-state index in [1.807, 2.05) is 0 Å². The van der Waals surface area contributed by atoms with E-state index in [1.165, 1.54) is 24.8 Å². The summed E-state index contributed by atoms with van der Waals surface area (Å²) < 4.78 is 0. The normalized spacial score (nSPS) is 13.2. The van der Waals surface area contributed by atoms with Gasteiger partial charge in [-0.25, -0.2) is 0 Å². The molecule has 1 N–H and O–H groups in total.